The minimum absolute atomic E-state index is 0.612. The van der Waals surface area contributed by atoms with Crippen molar-refractivity contribution in [2.75, 3.05) is 20.1 Å². The maximum atomic E-state index is 4.58. The van der Waals surface area contributed by atoms with Crippen LogP contribution in [0.4, 0.5) is 0 Å². The van der Waals surface area contributed by atoms with Crippen molar-refractivity contribution in [2.45, 2.75) is 46.0 Å². The molecule has 0 bridgehead atoms. The minimum Gasteiger partial charge on any atom is -0.356 e. The van der Waals surface area contributed by atoms with E-state index in [0.29, 0.717) is 5.41 Å². The van der Waals surface area contributed by atoms with Gasteiger partial charge in [0.05, 0.1) is 10.7 Å². The highest BCUT2D eigenvalue weighted by Crippen LogP contribution is 2.60. The van der Waals surface area contributed by atoms with Gasteiger partial charge in [-0.05, 0) is 50.9 Å². The molecule has 116 valence electrons. The van der Waals surface area contributed by atoms with E-state index >= 15 is 0 Å². The molecule has 0 radical (unpaired) electrons. The highest BCUT2D eigenvalue weighted by atomic mass is 32.1. The van der Waals surface area contributed by atoms with Crippen molar-refractivity contribution < 1.29 is 0 Å². The molecule has 0 saturated heterocycles. The Morgan fingerprint density at radius 2 is 2.10 bits per heavy atom. The number of hydrogen-bond donors (Lipinski definition) is 2. The molecule has 5 heteroatoms. The molecule has 2 fully saturated rings. The summed E-state index contributed by atoms with van der Waals surface area (Å²) in [5.41, 5.74) is 1.78. The summed E-state index contributed by atoms with van der Waals surface area (Å²) >= 11 is 1.80. The molecule has 0 aliphatic heterocycles. The number of thiazole rings is 1. The SMILES string of the molecule is CN=C(NCCc1nc(C)c(C)s1)NCC1(C2CC2)CC1. The van der Waals surface area contributed by atoms with E-state index in [1.807, 2.05) is 7.05 Å². The topological polar surface area (TPSA) is 49.3 Å². The Hall–Kier alpha value is -1.10. The van der Waals surface area contributed by atoms with Crippen LogP contribution in [0.3, 0.4) is 0 Å². The second-order valence-electron chi connectivity index (χ2n) is 6.49. The molecule has 0 aromatic carbocycles. The number of rotatable bonds is 6. The monoisotopic (exact) mass is 306 g/mol. The normalized spacial score (nSPS) is 20.4. The molecule has 1 aromatic rings. The Morgan fingerprint density at radius 3 is 2.62 bits per heavy atom. The molecule has 2 N–H and O–H groups in total. The number of aliphatic imine (C=N–C) groups is 1. The van der Waals surface area contributed by atoms with Gasteiger partial charge in [0.25, 0.3) is 0 Å². The number of nitrogens with zero attached hydrogens (tertiary/aromatic N) is 2. The largest absolute Gasteiger partial charge is 0.356 e. The predicted octanol–water partition coefficient (Wildman–Crippen LogP) is 2.66. The Kier molecular flexibility index (Phi) is 4.20. The molecule has 0 atom stereocenters. The first-order valence-corrected chi connectivity index (χ1v) is 8.82. The molecule has 1 heterocycles. The van der Waals surface area contributed by atoms with Gasteiger partial charge < -0.3 is 10.6 Å². The molecule has 0 spiro atoms. The van der Waals surface area contributed by atoms with Gasteiger partial charge in [0.15, 0.2) is 5.96 Å². The molecular formula is C16H26N4S. The molecule has 3 rings (SSSR count). The van der Waals surface area contributed by atoms with Crippen LogP contribution >= 0.6 is 11.3 Å². The standard InChI is InChI=1S/C16H26N4S/c1-11-12(2)21-14(20-11)6-9-18-15(17-3)19-10-16(7-8-16)13-4-5-13/h13H,4-10H2,1-3H3,(H2,17,18,19). The van der Waals surface area contributed by atoms with Crippen LogP contribution in [-0.4, -0.2) is 31.1 Å². The van der Waals surface area contributed by atoms with Crippen LogP contribution in [0.15, 0.2) is 4.99 Å². The van der Waals surface area contributed by atoms with E-state index in [-0.39, 0.29) is 0 Å². The summed E-state index contributed by atoms with van der Waals surface area (Å²) in [6, 6.07) is 0. The van der Waals surface area contributed by atoms with E-state index < -0.39 is 0 Å². The molecule has 1 aromatic heterocycles. The predicted molar refractivity (Wildman–Crippen MR) is 89.0 cm³/mol. The summed E-state index contributed by atoms with van der Waals surface area (Å²) in [6.45, 7) is 6.20. The third-order valence-corrected chi connectivity index (χ3v) is 6.00. The van der Waals surface area contributed by atoms with Crippen molar-refractivity contribution in [2.24, 2.45) is 16.3 Å². The lowest BCUT2D eigenvalue weighted by molar-refractivity contribution is 0.431. The van der Waals surface area contributed by atoms with Crippen molar-refractivity contribution >= 4 is 17.3 Å². The summed E-state index contributed by atoms with van der Waals surface area (Å²) < 4.78 is 0. The van der Waals surface area contributed by atoms with Gasteiger partial charge in [-0.15, -0.1) is 11.3 Å². The maximum absolute atomic E-state index is 4.58. The van der Waals surface area contributed by atoms with E-state index in [4.69, 9.17) is 0 Å². The second-order valence-corrected chi connectivity index (χ2v) is 7.78. The van der Waals surface area contributed by atoms with Crippen LogP contribution in [0.2, 0.25) is 0 Å². The quantitative estimate of drug-likeness (QED) is 0.627. The van der Waals surface area contributed by atoms with Gasteiger partial charge in [-0.3, -0.25) is 4.99 Å². The number of hydrogen-bond acceptors (Lipinski definition) is 3. The Morgan fingerprint density at radius 1 is 1.33 bits per heavy atom. The maximum Gasteiger partial charge on any atom is 0.191 e. The first-order chi connectivity index (χ1) is 10.1. The minimum atomic E-state index is 0.612. The average molecular weight is 306 g/mol. The molecule has 2 aliphatic rings. The molecule has 4 nitrogen and oxygen atoms in total. The summed E-state index contributed by atoms with van der Waals surface area (Å²) in [5, 5.41) is 8.14. The van der Waals surface area contributed by atoms with E-state index in [2.05, 4.69) is 34.5 Å². The first-order valence-electron chi connectivity index (χ1n) is 8.00. The molecule has 21 heavy (non-hydrogen) atoms. The summed E-state index contributed by atoms with van der Waals surface area (Å²) in [5.74, 6) is 1.93. The van der Waals surface area contributed by atoms with E-state index in [9.17, 15) is 0 Å². The van der Waals surface area contributed by atoms with Crippen LogP contribution in [0.1, 0.15) is 41.3 Å². The van der Waals surface area contributed by atoms with Crippen molar-refractivity contribution in [1.82, 2.24) is 15.6 Å². The number of nitrogens with one attached hydrogen (secondary N) is 2. The molecule has 2 saturated carbocycles. The van der Waals surface area contributed by atoms with Crippen LogP contribution < -0.4 is 10.6 Å². The second kappa shape index (κ2) is 5.95. The van der Waals surface area contributed by atoms with Crippen LogP contribution in [0.5, 0.6) is 0 Å². The Labute approximate surface area is 131 Å². The lowest BCUT2D eigenvalue weighted by Gasteiger charge is -2.17. The van der Waals surface area contributed by atoms with Crippen molar-refractivity contribution in [3.8, 4) is 0 Å². The lowest BCUT2D eigenvalue weighted by atomic mass is 10.0. The van der Waals surface area contributed by atoms with Crippen molar-refractivity contribution in [3.05, 3.63) is 15.6 Å². The van der Waals surface area contributed by atoms with E-state index in [1.54, 1.807) is 11.3 Å². The van der Waals surface area contributed by atoms with Gasteiger partial charge in [-0.2, -0.15) is 0 Å². The first kappa shape index (κ1) is 14.8. The third-order valence-electron chi connectivity index (χ3n) is 4.87. The fraction of sp³-hybridized carbons (Fsp3) is 0.750. The highest BCUT2D eigenvalue weighted by Gasteiger charge is 2.53. The van der Waals surface area contributed by atoms with Gasteiger partial charge in [0.1, 0.15) is 0 Å². The van der Waals surface area contributed by atoms with Gasteiger partial charge in [-0.25, -0.2) is 4.98 Å². The zero-order chi connectivity index (χ0) is 14.9. The van der Waals surface area contributed by atoms with Crippen LogP contribution in [-0.2, 0) is 6.42 Å². The molecule has 2 aliphatic carbocycles. The summed E-state index contributed by atoms with van der Waals surface area (Å²) in [6.07, 6.45) is 6.65. The van der Waals surface area contributed by atoms with Gasteiger partial charge in [-0.1, -0.05) is 0 Å². The molecule has 0 amide bonds. The number of aryl methyl sites for hydroxylation is 2. The smallest absolute Gasteiger partial charge is 0.191 e. The van der Waals surface area contributed by atoms with Crippen LogP contribution in [0.25, 0.3) is 0 Å². The van der Waals surface area contributed by atoms with Gasteiger partial charge in [0.2, 0.25) is 0 Å². The van der Waals surface area contributed by atoms with Gasteiger partial charge >= 0.3 is 0 Å². The zero-order valence-corrected chi connectivity index (χ0v) is 14.1. The average Bonchev–Trinajstić information content (AvgIpc) is 3.35. The summed E-state index contributed by atoms with van der Waals surface area (Å²) in [4.78, 5) is 10.2. The van der Waals surface area contributed by atoms with E-state index in [1.165, 1.54) is 35.6 Å². The molecule has 0 unspecified atom stereocenters. The molecular weight excluding hydrogens is 280 g/mol. The third kappa shape index (κ3) is 3.57. The number of aromatic nitrogens is 1. The highest BCUT2D eigenvalue weighted by molar-refractivity contribution is 7.11. The van der Waals surface area contributed by atoms with Crippen LogP contribution in [0, 0.1) is 25.2 Å². The number of guanidine groups is 1. The lowest BCUT2D eigenvalue weighted by Crippen LogP contribution is -2.41. The fourth-order valence-corrected chi connectivity index (χ4v) is 3.93. The Balaban J connectivity index is 1.40. The zero-order valence-electron chi connectivity index (χ0n) is 13.3. The Bertz CT molecular complexity index is 507. The van der Waals surface area contributed by atoms with Gasteiger partial charge in [0, 0.05) is 31.4 Å². The van der Waals surface area contributed by atoms with E-state index in [0.717, 1.165) is 37.1 Å². The van der Waals surface area contributed by atoms with Crippen molar-refractivity contribution in [1.29, 1.82) is 0 Å². The summed E-state index contributed by atoms with van der Waals surface area (Å²) in [7, 11) is 1.85. The fourth-order valence-electron chi connectivity index (χ4n) is 3.00. The van der Waals surface area contributed by atoms with Crippen molar-refractivity contribution in [3.63, 3.8) is 0 Å².